The van der Waals surface area contributed by atoms with Gasteiger partial charge in [0.1, 0.15) is 12.0 Å². The standard InChI is InChI=1S/C17H15ClFN5O3S/c18-12-9-11(1-2-13(12)19)20-15(25)10-3-5-22(6-4-10)14-16(24(26)27)23-7-8-28-17(23)21-14/h1-2,7-10H,3-6H2,(H,20,25). The van der Waals surface area contributed by atoms with E-state index < -0.39 is 10.7 Å². The van der Waals surface area contributed by atoms with Crippen LogP contribution in [-0.2, 0) is 4.79 Å². The Morgan fingerprint density at radius 3 is 2.82 bits per heavy atom. The van der Waals surface area contributed by atoms with Gasteiger partial charge in [-0.1, -0.05) is 22.9 Å². The third-order valence-corrected chi connectivity index (χ3v) is 5.79. The molecule has 4 rings (SSSR count). The molecule has 28 heavy (non-hydrogen) atoms. The molecule has 8 nitrogen and oxygen atoms in total. The van der Waals surface area contributed by atoms with Gasteiger partial charge in [-0.2, -0.15) is 9.38 Å². The first kappa shape index (κ1) is 18.6. The molecule has 0 saturated carbocycles. The zero-order chi connectivity index (χ0) is 19.8. The zero-order valence-corrected chi connectivity index (χ0v) is 16.0. The molecule has 0 atom stereocenters. The first-order chi connectivity index (χ1) is 13.4. The van der Waals surface area contributed by atoms with Gasteiger partial charge in [-0.25, -0.2) is 4.39 Å². The third-order valence-electron chi connectivity index (χ3n) is 4.74. The first-order valence-electron chi connectivity index (χ1n) is 8.55. The van der Waals surface area contributed by atoms with Crippen LogP contribution in [0.15, 0.2) is 29.8 Å². The molecule has 1 amide bonds. The van der Waals surface area contributed by atoms with E-state index in [0.717, 1.165) is 0 Å². The van der Waals surface area contributed by atoms with Crippen molar-refractivity contribution in [2.24, 2.45) is 5.92 Å². The molecule has 0 bridgehead atoms. The number of halogens is 2. The van der Waals surface area contributed by atoms with Gasteiger partial charge in [0.15, 0.2) is 0 Å². The summed E-state index contributed by atoms with van der Waals surface area (Å²) in [7, 11) is 0. The van der Waals surface area contributed by atoms with Gasteiger partial charge in [-0.3, -0.25) is 4.79 Å². The van der Waals surface area contributed by atoms with Gasteiger partial charge in [-0.15, -0.1) is 0 Å². The van der Waals surface area contributed by atoms with Crippen LogP contribution in [0.25, 0.3) is 4.96 Å². The van der Waals surface area contributed by atoms with Crippen molar-refractivity contribution in [2.75, 3.05) is 23.3 Å². The number of amides is 1. The quantitative estimate of drug-likeness (QED) is 0.506. The SMILES string of the molecule is O=C(Nc1ccc(F)c(Cl)c1)C1CCN(c2nc3sccn3c2[N+](=O)[O-])CC1. The molecule has 2 aromatic heterocycles. The van der Waals surface area contributed by atoms with Crippen LogP contribution in [0.4, 0.5) is 21.7 Å². The van der Waals surface area contributed by atoms with E-state index in [-0.39, 0.29) is 22.7 Å². The number of hydrogen-bond donors (Lipinski definition) is 1. The first-order valence-corrected chi connectivity index (χ1v) is 9.80. The second kappa shape index (κ2) is 7.36. The maximum atomic E-state index is 13.2. The number of anilines is 2. The normalized spacial score (nSPS) is 15.1. The van der Waals surface area contributed by atoms with Gasteiger partial charge in [0.2, 0.25) is 11.7 Å². The van der Waals surface area contributed by atoms with Crippen LogP contribution in [0.5, 0.6) is 0 Å². The minimum Gasteiger partial charge on any atom is -0.358 e. The summed E-state index contributed by atoms with van der Waals surface area (Å²) in [6.45, 7) is 0.960. The Bertz CT molecular complexity index is 1060. The fourth-order valence-electron chi connectivity index (χ4n) is 3.32. The number of rotatable bonds is 4. The molecule has 1 aromatic carbocycles. The molecule has 0 unspecified atom stereocenters. The maximum absolute atomic E-state index is 13.2. The number of aromatic nitrogens is 2. The molecule has 1 aliphatic rings. The summed E-state index contributed by atoms with van der Waals surface area (Å²) in [4.78, 5) is 30.3. The van der Waals surface area contributed by atoms with E-state index in [1.54, 1.807) is 11.6 Å². The lowest BCUT2D eigenvalue weighted by Gasteiger charge is -2.31. The van der Waals surface area contributed by atoms with Crippen molar-refractivity contribution in [1.29, 1.82) is 0 Å². The Morgan fingerprint density at radius 1 is 1.39 bits per heavy atom. The molecule has 0 spiro atoms. The van der Waals surface area contributed by atoms with E-state index in [4.69, 9.17) is 11.6 Å². The van der Waals surface area contributed by atoms with E-state index >= 15 is 0 Å². The number of hydrogen-bond acceptors (Lipinski definition) is 6. The molecule has 11 heteroatoms. The second-order valence-electron chi connectivity index (χ2n) is 6.45. The minimum absolute atomic E-state index is 0.0555. The highest BCUT2D eigenvalue weighted by Crippen LogP contribution is 2.33. The number of carbonyl (C=O) groups is 1. The van der Waals surface area contributed by atoms with E-state index in [1.807, 2.05) is 4.90 Å². The number of imidazole rings is 1. The van der Waals surface area contributed by atoms with Crippen LogP contribution in [0.1, 0.15) is 12.8 Å². The zero-order valence-electron chi connectivity index (χ0n) is 14.5. The number of nitro groups is 1. The number of benzene rings is 1. The molecule has 0 radical (unpaired) electrons. The Labute approximate surface area is 167 Å². The molecule has 1 fully saturated rings. The molecule has 1 N–H and O–H groups in total. The number of carbonyl (C=O) groups excluding carboxylic acids is 1. The van der Waals surface area contributed by atoms with Crippen molar-refractivity contribution < 1.29 is 14.1 Å². The van der Waals surface area contributed by atoms with Gasteiger partial charge in [0, 0.05) is 30.1 Å². The highest BCUT2D eigenvalue weighted by atomic mass is 35.5. The highest BCUT2D eigenvalue weighted by molar-refractivity contribution is 7.15. The average Bonchev–Trinajstić information content (AvgIpc) is 3.25. The lowest BCUT2D eigenvalue weighted by Crippen LogP contribution is -2.38. The third kappa shape index (κ3) is 3.40. The molecule has 1 saturated heterocycles. The summed E-state index contributed by atoms with van der Waals surface area (Å²) >= 11 is 7.07. The fourth-order valence-corrected chi connectivity index (χ4v) is 4.20. The highest BCUT2D eigenvalue weighted by Gasteiger charge is 2.32. The van der Waals surface area contributed by atoms with Crippen molar-refractivity contribution in [1.82, 2.24) is 9.38 Å². The van der Waals surface area contributed by atoms with Crippen molar-refractivity contribution in [3.8, 4) is 0 Å². The molecule has 3 aromatic rings. The number of fused-ring (bicyclic) bond motifs is 1. The van der Waals surface area contributed by atoms with E-state index in [9.17, 15) is 19.3 Å². The summed E-state index contributed by atoms with van der Waals surface area (Å²) in [6.07, 6.45) is 2.69. The Hall–Kier alpha value is -2.72. The van der Waals surface area contributed by atoms with Gasteiger partial charge < -0.3 is 20.3 Å². The van der Waals surface area contributed by atoms with Gasteiger partial charge in [-0.05, 0) is 36.0 Å². The summed E-state index contributed by atoms with van der Waals surface area (Å²) in [5.74, 6) is -0.693. The second-order valence-corrected chi connectivity index (χ2v) is 7.73. The minimum atomic E-state index is -0.547. The van der Waals surface area contributed by atoms with Crippen LogP contribution in [0, 0.1) is 21.8 Å². The number of nitrogens with one attached hydrogen (secondary N) is 1. The Kier molecular flexibility index (Phi) is 4.90. The van der Waals surface area contributed by atoms with Gasteiger partial charge >= 0.3 is 5.82 Å². The molecule has 1 aliphatic heterocycles. The van der Waals surface area contributed by atoms with Crippen LogP contribution >= 0.6 is 22.9 Å². The van der Waals surface area contributed by atoms with Crippen molar-refractivity contribution >= 4 is 51.1 Å². The molecular formula is C17H15ClFN5O3S. The summed E-state index contributed by atoms with van der Waals surface area (Å²) in [6, 6.07) is 4.02. The van der Waals surface area contributed by atoms with Crippen molar-refractivity contribution in [3.63, 3.8) is 0 Å². The molecular weight excluding hydrogens is 409 g/mol. The Balaban J connectivity index is 1.44. The lowest BCUT2D eigenvalue weighted by molar-refractivity contribution is -0.389. The van der Waals surface area contributed by atoms with E-state index in [2.05, 4.69) is 10.3 Å². The number of nitrogens with zero attached hydrogens (tertiary/aromatic N) is 4. The monoisotopic (exact) mass is 423 g/mol. The van der Waals surface area contributed by atoms with Gasteiger partial charge in [0.25, 0.3) is 4.96 Å². The van der Waals surface area contributed by atoms with Crippen LogP contribution in [0.2, 0.25) is 5.02 Å². The van der Waals surface area contributed by atoms with E-state index in [0.29, 0.717) is 42.4 Å². The van der Waals surface area contributed by atoms with Crippen LogP contribution < -0.4 is 10.2 Å². The topological polar surface area (TPSA) is 92.8 Å². The van der Waals surface area contributed by atoms with Crippen LogP contribution in [0.3, 0.4) is 0 Å². The Morgan fingerprint density at radius 2 is 2.14 bits per heavy atom. The van der Waals surface area contributed by atoms with Crippen LogP contribution in [-0.4, -0.2) is 33.3 Å². The van der Waals surface area contributed by atoms with Gasteiger partial charge in [0.05, 0.1) is 5.02 Å². The largest absolute Gasteiger partial charge is 0.373 e. The van der Waals surface area contributed by atoms with E-state index in [1.165, 1.54) is 33.9 Å². The van der Waals surface area contributed by atoms with Crippen molar-refractivity contribution in [3.05, 3.63) is 50.7 Å². The van der Waals surface area contributed by atoms with Crippen molar-refractivity contribution in [2.45, 2.75) is 12.8 Å². The molecule has 3 heterocycles. The molecule has 146 valence electrons. The number of piperidine rings is 1. The summed E-state index contributed by atoms with van der Waals surface area (Å²) < 4.78 is 14.7. The summed E-state index contributed by atoms with van der Waals surface area (Å²) in [5, 5.41) is 15.9. The maximum Gasteiger partial charge on any atom is 0.373 e. The number of thiazole rings is 1. The fraction of sp³-hybridized carbons (Fsp3) is 0.294. The predicted molar refractivity (Wildman–Crippen MR) is 105 cm³/mol. The summed E-state index contributed by atoms with van der Waals surface area (Å²) in [5.41, 5.74) is 0.434. The smallest absolute Gasteiger partial charge is 0.358 e. The lowest BCUT2D eigenvalue weighted by atomic mass is 9.96. The average molecular weight is 424 g/mol. The predicted octanol–water partition coefficient (Wildman–Crippen LogP) is 3.95. The molecule has 0 aliphatic carbocycles.